The number of benzene rings is 1. The second-order valence-corrected chi connectivity index (χ2v) is 5.37. The van der Waals surface area contributed by atoms with Gasteiger partial charge in [-0.05, 0) is 44.0 Å². The summed E-state index contributed by atoms with van der Waals surface area (Å²) >= 11 is 0. The predicted octanol–water partition coefficient (Wildman–Crippen LogP) is 4.44. The molecule has 0 aliphatic heterocycles. The molecule has 0 saturated carbocycles. The molecular weight excluding hydrogens is 222 g/mol. The minimum atomic E-state index is 0.303. The van der Waals surface area contributed by atoms with E-state index in [1.165, 1.54) is 10.9 Å². The molecule has 1 unspecified atom stereocenters. The fourth-order valence-corrected chi connectivity index (χ4v) is 2.30. The topological polar surface area (TPSA) is 25.2 Å². The summed E-state index contributed by atoms with van der Waals surface area (Å²) in [7, 11) is 0. The lowest BCUT2D eigenvalue weighted by Crippen LogP contribution is -2.25. The van der Waals surface area contributed by atoms with Crippen molar-refractivity contribution >= 4 is 11.0 Å². The highest BCUT2D eigenvalue weighted by atomic mass is 16.3. The molecule has 0 saturated heterocycles. The fourth-order valence-electron chi connectivity index (χ4n) is 2.30. The Morgan fingerprint density at radius 1 is 1.22 bits per heavy atom. The molecule has 1 heterocycles. The number of rotatable bonds is 5. The van der Waals surface area contributed by atoms with Crippen molar-refractivity contribution in [1.29, 1.82) is 0 Å². The second kappa shape index (κ2) is 5.57. The summed E-state index contributed by atoms with van der Waals surface area (Å²) in [5, 5.41) is 4.77. The molecule has 0 aliphatic carbocycles. The normalized spacial score (nSPS) is 13.4. The summed E-state index contributed by atoms with van der Waals surface area (Å²) in [4.78, 5) is 0. The SMILES string of the molecule is CCCNC(c1cc2cc(C)ccc2o1)C(C)C. The average molecular weight is 245 g/mol. The van der Waals surface area contributed by atoms with Gasteiger partial charge in [0.1, 0.15) is 11.3 Å². The molecule has 0 radical (unpaired) electrons. The van der Waals surface area contributed by atoms with Gasteiger partial charge < -0.3 is 9.73 Å². The van der Waals surface area contributed by atoms with Crippen molar-refractivity contribution < 1.29 is 4.42 Å². The van der Waals surface area contributed by atoms with Crippen molar-refractivity contribution in [2.75, 3.05) is 6.54 Å². The van der Waals surface area contributed by atoms with Gasteiger partial charge in [-0.2, -0.15) is 0 Å². The minimum absolute atomic E-state index is 0.303. The molecule has 0 fully saturated rings. The van der Waals surface area contributed by atoms with Crippen LogP contribution in [-0.2, 0) is 0 Å². The van der Waals surface area contributed by atoms with Crippen LogP contribution in [0.3, 0.4) is 0 Å². The smallest absolute Gasteiger partial charge is 0.134 e. The van der Waals surface area contributed by atoms with Crippen molar-refractivity contribution in [1.82, 2.24) is 5.32 Å². The summed E-state index contributed by atoms with van der Waals surface area (Å²) in [6.07, 6.45) is 1.14. The van der Waals surface area contributed by atoms with Crippen LogP contribution in [0.2, 0.25) is 0 Å². The van der Waals surface area contributed by atoms with E-state index in [0.717, 1.165) is 24.3 Å². The molecule has 18 heavy (non-hydrogen) atoms. The lowest BCUT2D eigenvalue weighted by atomic mass is 10.0. The van der Waals surface area contributed by atoms with E-state index in [4.69, 9.17) is 4.42 Å². The van der Waals surface area contributed by atoms with Gasteiger partial charge in [0, 0.05) is 5.39 Å². The van der Waals surface area contributed by atoms with Crippen LogP contribution in [-0.4, -0.2) is 6.54 Å². The molecule has 2 heteroatoms. The Labute approximate surface area is 109 Å². The maximum absolute atomic E-state index is 5.98. The molecule has 1 N–H and O–H groups in total. The monoisotopic (exact) mass is 245 g/mol. The van der Waals surface area contributed by atoms with E-state index < -0.39 is 0 Å². The summed E-state index contributed by atoms with van der Waals surface area (Å²) in [5.74, 6) is 1.58. The quantitative estimate of drug-likeness (QED) is 0.842. The average Bonchev–Trinajstić information content (AvgIpc) is 2.71. The number of furan rings is 1. The zero-order valence-electron chi connectivity index (χ0n) is 11.8. The van der Waals surface area contributed by atoms with Gasteiger partial charge in [-0.25, -0.2) is 0 Å². The molecule has 2 aromatic rings. The molecule has 1 aromatic carbocycles. The van der Waals surface area contributed by atoms with Crippen LogP contribution in [0.25, 0.3) is 11.0 Å². The van der Waals surface area contributed by atoms with Gasteiger partial charge in [-0.1, -0.05) is 32.4 Å². The number of hydrogen-bond acceptors (Lipinski definition) is 2. The summed E-state index contributed by atoms with van der Waals surface area (Å²) in [6.45, 7) is 9.78. The highest BCUT2D eigenvalue weighted by Gasteiger charge is 2.19. The Balaban J connectivity index is 2.32. The first kappa shape index (κ1) is 13.2. The maximum atomic E-state index is 5.98. The van der Waals surface area contributed by atoms with E-state index >= 15 is 0 Å². The first-order chi connectivity index (χ1) is 8.61. The van der Waals surface area contributed by atoms with Crippen molar-refractivity contribution in [2.45, 2.75) is 40.2 Å². The van der Waals surface area contributed by atoms with E-state index in [2.05, 4.69) is 57.3 Å². The second-order valence-electron chi connectivity index (χ2n) is 5.37. The van der Waals surface area contributed by atoms with Gasteiger partial charge in [-0.3, -0.25) is 0 Å². The molecule has 0 amide bonds. The molecule has 98 valence electrons. The maximum Gasteiger partial charge on any atom is 0.134 e. The van der Waals surface area contributed by atoms with Gasteiger partial charge in [0.05, 0.1) is 6.04 Å². The van der Waals surface area contributed by atoms with E-state index in [1.54, 1.807) is 0 Å². The van der Waals surface area contributed by atoms with Crippen molar-refractivity contribution in [3.63, 3.8) is 0 Å². The first-order valence-corrected chi connectivity index (χ1v) is 6.85. The Kier molecular flexibility index (Phi) is 4.07. The van der Waals surface area contributed by atoms with Crippen LogP contribution in [0.4, 0.5) is 0 Å². The third-order valence-electron chi connectivity index (χ3n) is 3.28. The third kappa shape index (κ3) is 2.75. The van der Waals surface area contributed by atoms with Crippen LogP contribution in [0.1, 0.15) is 44.6 Å². The largest absolute Gasteiger partial charge is 0.459 e. The van der Waals surface area contributed by atoms with Crippen molar-refractivity contribution in [3.05, 3.63) is 35.6 Å². The summed E-state index contributed by atoms with van der Waals surface area (Å²) in [5.41, 5.74) is 2.26. The summed E-state index contributed by atoms with van der Waals surface area (Å²) in [6, 6.07) is 8.82. The number of fused-ring (bicyclic) bond motifs is 1. The summed E-state index contributed by atoms with van der Waals surface area (Å²) < 4.78 is 5.98. The third-order valence-corrected chi connectivity index (χ3v) is 3.28. The fraction of sp³-hybridized carbons (Fsp3) is 0.500. The number of nitrogens with one attached hydrogen (secondary N) is 1. The molecule has 2 nitrogen and oxygen atoms in total. The van der Waals surface area contributed by atoms with Gasteiger partial charge in [0.15, 0.2) is 0 Å². The Morgan fingerprint density at radius 2 is 2.00 bits per heavy atom. The van der Waals surface area contributed by atoms with Crippen LogP contribution < -0.4 is 5.32 Å². The van der Waals surface area contributed by atoms with E-state index in [-0.39, 0.29) is 0 Å². The molecule has 1 atom stereocenters. The highest BCUT2D eigenvalue weighted by Crippen LogP contribution is 2.28. The van der Waals surface area contributed by atoms with Gasteiger partial charge >= 0.3 is 0 Å². The first-order valence-electron chi connectivity index (χ1n) is 6.85. The van der Waals surface area contributed by atoms with Gasteiger partial charge in [0.25, 0.3) is 0 Å². The lowest BCUT2D eigenvalue weighted by Gasteiger charge is -2.19. The van der Waals surface area contributed by atoms with Gasteiger partial charge in [0.2, 0.25) is 0 Å². The van der Waals surface area contributed by atoms with E-state index in [1.807, 2.05) is 0 Å². The Morgan fingerprint density at radius 3 is 2.67 bits per heavy atom. The van der Waals surface area contributed by atoms with E-state index in [0.29, 0.717) is 12.0 Å². The van der Waals surface area contributed by atoms with Crippen LogP contribution in [0, 0.1) is 12.8 Å². The zero-order chi connectivity index (χ0) is 13.1. The van der Waals surface area contributed by atoms with Crippen LogP contribution >= 0.6 is 0 Å². The molecule has 2 rings (SSSR count). The molecule has 0 spiro atoms. The van der Waals surface area contributed by atoms with Crippen LogP contribution in [0.5, 0.6) is 0 Å². The van der Waals surface area contributed by atoms with Crippen molar-refractivity contribution in [2.24, 2.45) is 5.92 Å². The molecule has 1 aromatic heterocycles. The minimum Gasteiger partial charge on any atom is -0.459 e. The Hall–Kier alpha value is -1.28. The Bertz CT molecular complexity index is 513. The predicted molar refractivity (Wildman–Crippen MR) is 76.8 cm³/mol. The number of hydrogen-bond donors (Lipinski definition) is 1. The lowest BCUT2D eigenvalue weighted by molar-refractivity contribution is 0.351. The van der Waals surface area contributed by atoms with Crippen molar-refractivity contribution in [3.8, 4) is 0 Å². The van der Waals surface area contributed by atoms with Gasteiger partial charge in [-0.15, -0.1) is 0 Å². The highest BCUT2D eigenvalue weighted by molar-refractivity contribution is 5.78. The molecule has 0 bridgehead atoms. The standard InChI is InChI=1S/C16H23NO/c1-5-8-17-16(11(2)3)15-10-13-9-12(4)6-7-14(13)18-15/h6-7,9-11,16-17H,5,8H2,1-4H3. The number of aryl methyl sites for hydroxylation is 1. The molecule has 0 aliphatic rings. The zero-order valence-corrected chi connectivity index (χ0v) is 11.8. The van der Waals surface area contributed by atoms with Crippen LogP contribution in [0.15, 0.2) is 28.7 Å². The molecular formula is C16H23NO. The van der Waals surface area contributed by atoms with E-state index in [9.17, 15) is 0 Å².